The molecule has 0 aliphatic carbocycles. The molecule has 0 atom stereocenters. The van der Waals surface area contributed by atoms with Gasteiger partial charge in [-0.15, -0.1) is 0 Å². The van der Waals surface area contributed by atoms with E-state index < -0.39 is 10.0 Å². The quantitative estimate of drug-likeness (QED) is 0.679. The third kappa shape index (κ3) is 4.83. The van der Waals surface area contributed by atoms with Crippen molar-refractivity contribution in [3.8, 4) is 29.0 Å². The van der Waals surface area contributed by atoms with Gasteiger partial charge < -0.3 is 4.74 Å². The summed E-state index contributed by atoms with van der Waals surface area (Å²) in [6.45, 7) is 5.52. The van der Waals surface area contributed by atoms with Crippen LogP contribution >= 0.6 is 0 Å². The lowest BCUT2D eigenvalue weighted by molar-refractivity contribution is 0.453. The third-order valence-electron chi connectivity index (χ3n) is 3.84. The largest absolute Gasteiger partial charge is 0.434 e. The first kappa shape index (κ1) is 20.2. The van der Waals surface area contributed by atoms with Gasteiger partial charge in [-0.05, 0) is 38.5 Å². The van der Waals surface area contributed by atoms with Crippen molar-refractivity contribution in [2.24, 2.45) is 0 Å². The van der Waals surface area contributed by atoms with Crippen LogP contribution in [0.3, 0.4) is 0 Å². The zero-order chi connectivity index (χ0) is 21.2. The monoisotopic (exact) mass is 410 g/mol. The number of anilines is 1. The topological polar surface area (TPSA) is 131 Å². The van der Waals surface area contributed by atoms with Crippen LogP contribution in [0.15, 0.2) is 30.7 Å². The van der Waals surface area contributed by atoms with Crippen LogP contribution in [0.2, 0.25) is 0 Å². The molecule has 0 aliphatic heterocycles. The molecular weight excluding hydrogens is 392 g/mol. The fourth-order valence-corrected chi connectivity index (χ4v) is 3.22. The molecule has 29 heavy (non-hydrogen) atoms. The predicted molar refractivity (Wildman–Crippen MR) is 107 cm³/mol. The molecule has 10 heteroatoms. The van der Waals surface area contributed by atoms with E-state index in [4.69, 9.17) is 10.00 Å². The molecule has 0 saturated heterocycles. The highest BCUT2D eigenvalue weighted by molar-refractivity contribution is 7.92. The van der Waals surface area contributed by atoms with Crippen LogP contribution in [0.5, 0.6) is 11.6 Å². The molecule has 3 rings (SSSR count). The maximum Gasteiger partial charge on any atom is 0.264 e. The molecule has 9 nitrogen and oxygen atoms in total. The first-order valence-electron chi connectivity index (χ1n) is 8.49. The molecule has 3 aromatic rings. The molecule has 0 aliphatic rings. The summed E-state index contributed by atoms with van der Waals surface area (Å²) >= 11 is 0. The van der Waals surface area contributed by atoms with Crippen molar-refractivity contribution >= 4 is 15.8 Å². The fraction of sp³-hybridized carbons (Fsp3) is 0.211. The lowest BCUT2D eigenvalue weighted by Crippen LogP contribution is -2.13. The summed E-state index contributed by atoms with van der Waals surface area (Å²) in [7, 11) is -3.61. The third-order valence-corrected chi connectivity index (χ3v) is 4.40. The normalized spacial score (nSPS) is 11.0. The van der Waals surface area contributed by atoms with E-state index in [1.54, 1.807) is 13.0 Å². The van der Waals surface area contributed by atoms with Crippen LogP contribution in [0.1, 0.15) is 22.5 Å². The zero-order valence-electron chi connectivity index (χ0n) is 16.3. The van der Waals surface area contributed by atoms with Gasteiger partial charge >= 0.3 is 0 Å². The van der Waals surface area contributed by atoms with E-state index in [1.165, 1.54) is 18.6 Å². The van der Waals surface area contributed by atoms with Crippen molar-refractivity contribution in [1.29, 1.82) is 5.26 Å². The van der Waals surface area contributed by atoms with Crippen LogP contribution < -0.4 is 9.46 Å². The van der Waals surface area contributed by atoms with Crippen molar-refractivity contribution < 1.29 is 13.2 Å². The van der Waals surface area contributed by atoms with Crippen LogP contribution in [0.4, 0.5) is 5.82 Å². The molecule has 148 valence electrons. The Kier molecular flexibility index (Phi) is 5.43. The predicted octanol–water partition coefficient (Wildman–Crippen LogP) is 2.89. The summed E-state index contributed by atoms with van der Waals surface area (Å²) in [6, 6.07) is 5.47. The fourth-order valence-electron chi connectivity index (χ4n) is 2.73. The molecule has 0 bridgehead atoms. The van der Waals surface area contributed by atoms with E-state index in [2.05, 4.69) is 24.7 Å². The molecule has 0 unspecified atom stereocenters. The standard InChI is InChI=1S/C19H18N6O3S/c1-11-5-12(2)23-13(3)17(11)28-19-18(25-29(4,26)27)22-10-16(24-19)15-6-14(7-20)8-21-9-15/h5-6,8-10H,1-4H3,(H,22,25). The van der Waals surface area contributed by atoms with Gasteiger partial charge in [0, 0.05) is 23.7 Å². The second-order valence-electron chi connectivity index (χ2n) is 6.45. The van der Waals surface area contributed by atoms with Gasteiger partial charge in [0.25, 0.3) is 5.88 Å². The maximum absolute atomic E-state index is 11.7. The Balaban J connectivity index is 2.12. The number of nitrogens with one attached hydrogen (secondary N) is 1. The number of pyridine rings is 2. The molecule has 3 aromatic heterocycles. The number of hydrogen-bond acceptors (Lipinski definition) is 8. The van der Waals surface area contributed by atoms with E-state index in [0.717, 1.165) is 17.5 Å². The van der Waals surface area contributed by atoms with Crippen molar-refractivity contribution in [2.45, 2.75) is 20.8 Å². The number of rotatable bonds is 5. The number of ether oxygens (including phenoxy) is 1. The van der Waals surface area contributed by atoms with Crippen molar-refractivity contribution in [3.63, 3.8) is 0 Å². The first-order chi connectivity index (χ1) is 13.7. The zero-order valence-corrected chi connectivity index (χ0v) is 17.1. The smallest absolute Gasteiger partial charge is 0.264 e. The molecule has 0 fully saturated rings. The minimum atomic E-state index is -3.61. The first-order valence-corrected chi connectivity index (χ1v) is 10.4. The Morgan fingerprint density at radius 1 is 1.10 bits per heavy atom. The molecule has 3 heterocycles. The van der Waals surface area contributed by atoms with Crippen LogP contribution in [-0.4, -0.2) is 34.6 Å². The lowest BCUT2D eigenvalue weighted by atomic mass is 10.2. The van der Waals surface area contributed by atoms with Gasteiger partial charge in [-0.2, -0.15) is 5.26 Å². The van der Waals surface area contributed by atoms with Gasteiger partial charge in [-0.1, -0.05) is 0 Å². The number of aryl methyl sites for hydroxylation is 3. The molecular formula is C19H18N6O3S. The van der Waals surface area contributed by atoms with Crippen LogP contribution in [0, 0.1) is 32.1 Å². The highest BCUT2D eigenvalue weighted by atomic mass is 32.2. The highest BCUT2D eigenvalue weighted by Gasteiger charge is 2.18. The molecule has 0 amide bonds. The highest BCUT2D eigenvalue weighted by Crippen LogP contribution is 2.32. The average molecular weight is 410 g/mol. The summed E-state index contributed by atoms with van der Waals surface area (Å²) in [5.74, 6) is 0.370. The SMILES string of the molecule is Cc1cc(C)c(Oc2nc(-c3cncc(C#N)c3)cnc2NS(C)(=O)=O)c(C)n1. The number of nitriles is 1. The Labute approximate surface area is 168 Å². The van der Waals surface area contributed by atoms with E-state index in [9.17, 15) is 8.42 Å². The maximum atomic E-state index is 11.7. The van der Waals surface area contributed by atoms with E-state index >= 15 is 0 Å². The molecule has 0 radical (unpaired) electrons. The van der Waals surface area contributed by atoms with Gasteiger partial charge in [0.05, 0.1) is 29.4 Å². The minimum absolute atomic E-state index is 0.0351. The van der Waals surface area contributed by atoms with Crippen molar-refractivity contribution in [3.05, 3.63) is 53.2 Å². The van der Waals surface area contributed by atoms with Gasteiger partial charge in [-0.25, -0.2) is 18.4 Å². The van der Waals surface area contributed by atoms with Crippen molar-refractivity contribution in [1.82, 2.24) is 19.9 Å². The van der Waals surface area contributed by atoms with Gasteiger partial charge in [0.2, 0.25) is 15.8 Å². The van der Waals surface area contributed by atoms with Gasteiger partial charge in [0.15, 0.2) is 5.75 Å². The molecule has 1 N–H and O–H groups in total. The minimum Gasteiger partial charge on any atom is -0.434 e. The van der Waals surface area contributed by atoms with Gasteiger partial charge in [0.1, 0.15) is 6.07 Å². The summed E-state index contributed by atoms with van der Waals surface area (Å²) in [5.41, 5.74) is 3.57. The average Bonchev–Trinajstić information content (AvgIpc) is 2.64. The van der Waals surface area contributed by atoms with Crippen LogP contribution in [-0.2, 0) is 10.0 Å². The number of sulfonamides is 1. The molecule has 0 spiro atoms. The summed E-state index contributed by atoms with van der Waals surface area (Å²) in [4.78, 5) is 17.0. The Morgan fingerprint density at radius 3 is 2.52 bits per heavy atom. The van der Waals surface area contributed by atoms with Crippen molar-refractivity contribution in [2.75, 3.05) is 11.0 Å². The van der Waals surface area contributed by atoms with E-state index in [-0.39, 0.29) is 11.7 Å². The van der Waals surface area contributed by atoms with E-state index in [0.29, 0.717) is 28.3 Å². The Morgan fingerprint density at radius 2 is 1.86 bits per heavy atom. The second kappa shape index (κ2) is 7.81. The lowest BCUT2D eigenvalue weighted by Gasteiger charge is -2.15. The molecule has 0 aromatic carbocycles. The number of nitrogens with zero attached hydrogens (tertiary/aromatic N) is 5. The number of hydrogen-bond donors (Lipinski definition) is 1. The van der Waals surface area contributed by atoms with Crippen LogP contribution in [0.25, 0.3) is 11.3 Å². The Hall–Kier alpha value is -3.58. The summed E-state index contributed by atoms with van der Waals surface area (Å²) in [5, 5.41) is 9.08. The summed E-state index contributed by atoms with van der Waals surface area (Å²) in [6.07, 6.45) is 5.35. The van der Waals surface area contributed by atoms with Gasteiger partial charge in [-0.3, -0.25) is 14.7 Å². The Bertz CT molecular complexity index is 1210. The second-order valence-corrected chi connectivity index (χ2v) is 8.20. The summed E-state index contributed by atoms with van der Waals surface area (Å²) < 4.78 is 31.7. The molecule has 0 saturated carbocycles. The number of aromatic nitrogens is 4. The van der Waals surface area contributed by atoms with E-state index in [1.807, 2.05) is 26.0 Å².